The van der Waals surface area contributed by atoms with Crippen molar-refractivity contribution in [2.75, 3.05) is 18.9 Å². The first kappa shape index (κ1) is 17.8. The molecule has 7 heteroatoms. The molecule has 2 aromatic heterocycles. The fourth-order valence-corrected chi connectivity index (χ4v) is 2.54. The summed E-state index contributed by atoms with van der Waals surface area (Å²) in [6, 6.07) is 11.2. The van der Waals surface area contributed by atoms with Crippen LogP contribution in [0.1, 0.15) is 15.9 Å². The topological polar surface area (TPSA) is 71.0 Å². The molecule has 0 aliphatic carbocycles. The van der Waals surface area contributed by atoms with Crippen molar-refractivity contribution >= 4 is 29.1 Å². The van der Waals surface area contributed by atoms with Gasteiger partial charge in [0.2, 0.25) is 5.95 Å². The van der Waals surface area contributed by atoms with Gasteiger partial charge in [-0.1, -0.05) is 23.7 Å². The number of halogens is 1. The van der Waals surface area contributed by atoms with Crippen molar-refractivity contribution in [1.29, 1.82) is 0 Å². The number of nitrogens with zero attached hydrogens (tertiary/aromatic N) is 4. The smallest absolute Gasteiger partial charge is 0.256 e. The lowest BCUT2D eigenvalue weighted by Gasteiger charge is -2.17. The zero-order valence-corrected chi connectivity index (χ0v) is 15.0. The molecule has 0 saturated heterocycles. The molecule has 3 rings (SSSR count). The summed E-state index contributed by atoms with van der Waals surface area (Å²) in [5, 5.41) is 3.61. The van der Waals surface area contributed by atoms with E-state index in [4.69, 9.17) is 11.6 Å². The van der Waals surface area contributed by atoms with E-state index >= 15 is 0 Å². The second-order valence-corrected chi connectivity index (χ2v) is 6.14. The molecule has 0 fully saturated rings. The number of carbonyl (C=O) groups is 1. The molecule has 0 aliphatic heterocycles. The van der Waals surface area contributed by atoms with E-state index in [1.165, 1.54) is 12.4 Å². The Labute approximate surface area is 156 Å². The number of benzene rings is 1. The first-order valence-electron chi connectivity index (χ1n) is 8.11. The van der Waals surface area contributed by atoms with Crippen molar-refractivity contribution < 1.29 is 4.79 Å². The van der Waals surface area contributed by atoms with Crippen molar-refractivity contribution in [3.8, 4) is 0 Å². The maximum Gasteiger partial charge on any atom is 0.256 e. The first-order chi connectivity index (χ1) is 12.6. The molecule has 0 bridgehead atoms. The molecule has 1 aromatic carbocycles. The summed E-state index contributed by atoms with van der Waals surface area (Å²) in [5.41, 5.74) is 2.28. The molecule has 1 N–H and O–H groups in total. The third-order valence-electron chi connectivity index (χ3n) is 3.85. The molecular weight excluding hydrogens is 350 g/mol. The second kappa shape index (κ2) is 8.40. The van der Waals surface area contributed by atoms with Crippen LogP contribution in [-0.4, -0.2) is 39.4 Å². The Kier molecular flexibility index (Phi) is 5.76. The van der Waals surface area contributed by atoms with Crippen LogP contribution in [0.25, 0.3) is 0 Å². The Morgan fingerprint density at radius 1 is 1.12 bits per heavy atom. The van der Waals surface area contributed by atoms with Crippen LogP contribution in [-0.2, 0) is 6.42 Å². The second-order valence-electron chi connectivity index (χ2n) is 5.73. The van der Waals surface area contributed by atoms with Gasteiger partial charge in [-0.3, -0.25) is 9.78 Å². The van der Waals surface area contributed by atoms with E-state index in [1.54, 1.807) is 30.4 Å². The molecule has 26 heavy (non-hydrogen) atoms. The lowest BCUT2D eigenvalue weighted by Crippen LogP contribution is -2.29. The van der Waals surface area contributed by atoms with Gasteiger partial charge in [0.15, 0.2) is 0 Å². The average molecular weight is 368 g/mol. The van der Waals surface area contributed by atoms with E-state index in [0.29, 0.717) is 28.8 Å². The van der Waals surface area contributed by atoms with Crippen LogP contribution in [0, 0.1) is 0 Å². The highest BCUT2D eigenvalue weighted by Gasteiger charge is 2.13. The lowest BCUT2D eigenvalue weighted by molar-refractivity contribution is 0.0796. The monoisotopic (exact) mass is 367 g/mol. The number of para-hydroxylation sites is 1. The minimum absolute atomic E-state index is 0.122. The number of amides is 1. The number of pyridine rings is 1. The molecule has 0 saturated carbocycles. The third kappa shape index (κ3) is 4.55. The summed E-state index contributed by atoms with van der Waals surface area (Å²) >= 11 is 6.10. The summed E-state index contributed by atoms with van der Waals surface area (Å²) in [6.45, 7) is 0.600. The number of anilines is 2. The number of aromatic nitrogens is 3. The molecule has 0 spiro atoms. The Hall–Kier alpha value is -2.99. The normalized spacial score (nSPS) is 10.4. The zero-order valence-electron chi connectivity index (χ0n) is 14.3. The number of carbonyl (C=O) groups excluding carboxylic acids is 1. The molecule has 6 nitrogen and oxygen atoms in total. The maximum atomic E-state index is 12.5. The molecule has 0 atom stereocenters. The van der Waals surface area contributed by atoms with E-state index in [0.717, 1.165) is 12.0 Å². The molecule has 0 radical (unpaired) electrons. The van der Waals surface area contributed by atoms with Gasteiger partial charge in [-0.15, -0.1) is 0 Å². The van der Waals surface area contributed by atoms with Crippen molar-refractivity contribution in [1.82, 2.24) is 19.9 Å². The van der Waals surface area contributed by atoms with Crippen molar-refractivity contribution in [3.63, 3.8) is 0 Å². The van der Waals surface area contributed by atoms with Gasteiger partial charge in [0.05, 0.1) is 16.3 Å². The van der Waals surface area contributed by atoms with Crippen LogP contribution in [0.2, 0.25) is 5.02 Å². The van der Waals surface area contributed by atoms with E-state index in [9.17, 15) is 4.79 Å². The Bertz CT molecular complexity index is 871. The number of hydrogen-bond acceptors (Lipinski definition) is 5. The Balaban J connectivity index is 1.60. The van der Waals surface area contributed by atoms with Gasteiger partial charge in [0.1, 0.15) is 0 Å². The van der Waals surface area contributed by atoms with E-state index in [2.05, 4.69) is 20.3 Å². The first-order valence-corrected chi connectivity index (χ1v) is 8.49. The minimum atomic E-state index is -0.122. The van der Waals surface area contributed by atoms with Crippen molar-refractivity contribution in [2.24, 2.45) is 0 Å². The maximum absolute atomic E-state index is 12.5. The van der Waals surface area contributed by atoms with Crippen LogP contribution in [0.15, 0.2) is 61.2 Å². The van der Waals surface area contributed by atoms with Gasteiger partial charge in [0.25, 0.3) is 5.91 Å². The standard InChI is InChI=1S/C19H18ClN5O/c1-25(11-8-14-6-9-21-10-7-14)18(26)15-12-22-19(23-13-15)24-17-5-3-2-4-16(17)20/h2-7,9-10,12-13H,8,11H2,1H3,(H,22,23,24). The van der Waals surface area contributed by atoms with E-state index in [-0.39, 0.29) is 5.91 Å². The van der Waals surface area contributed by atoms with Gasteiger partial charge in [-0.25, -0.2) is 9.97 Å². The van der Waals surface area contributed by atoms with Crippen LogP contribution >= 0.6 is 11.6 Å². The van der Waals surface area contributed by atoms with Crippen LogP contribution in [0.5, 0.6) is 0 Å². The highest BCUT2D eigenvalue weighted by molar-refractivity contribution is 6.33. The number of rotatable bonds is 6. The molecule has 0 aliphatic rings. The Morgan fingerprint density at radius 3 is 2.50 bits per heavy atom. The average Bonchev–Trinajstić information content (AvgIpc) is 2.69. The predicted octanol–water partition coefficient (Wildman–Crippen LogP) is 3.58. The van der Waals surface area contributed by atoms with E-state index in [1.807, 2.05) is 30.3 Å². The molecule has 1 amide bonds. The van der Waals surface area contributed by atoms with Gasteiger partial charge in [-0.2, -0.15) is 0 Å². The van der Waals surface area contributed by atoms with Crippen molar-refractivity contribution in [3.05, 3.63) is 77.3 Å². The van der Waals surface area contributed by atoms with E-state index < -0.39 is 0 Å². The lowest BCUT2D eigenvalue weighted by atomic mass is 10.2. The summed E-state index contributed by atoms with van der Waals surface area (Å²) in [6.07, 6.45) is 7.28. The van der Waals surface area contributed by atoms with Gasteiger partial charge >= 0.3 is 0 Å². The molecule has 0 unspecified atom stereocenters. The SMILES string of the molecule is CN(CCc1ccncc1)C(=O)c1cnc(Nc2ccccc2Cl)nc1. The summed E-state index contributed by atoms with van der Waals surface area (Å²) in [4.78, 5) is 26.5. The molecule has 2 heterocycles. The summed E-state index contributed by atoms with van der Waals surface area (Å²) in [7, 11) is 1.76. The van der Waals surface area contributed by atoms with Gasteiger partial charge in [-0.05, 0) is 36.2 Å². The summed E-state index contributed by atoms with van der Waals surface area (Å²) < 4.78 is 0. The quantitative estimate of drug-likeness (QED) is 0.721. The molecule has 3 aromatic rings. The number of likely N-dealkylation sites (N-methyl/N-ethyl adjacent to an activating group) is 1. The van der Waals surface area contributed by atoms with Crippen LogP contribution in [0.3, 0.4) is 0 Å². The molecular formula is C19H18ClN5O. The predicted molar refractivity (Wildman–Crippen MR) is 102 cm³/mol. The molecule has 132 valence electrons. The zero-order chi connectivity index (χ0) is 18.4. The van der Waals surface area contributed by atoms with Gasteiger partial charge < -0.3 is 10.2 Å². The van der Waals surface area contributed by atoms with Gasteiger partial charge in [0, 0.05) is 38.4 Å². The fraction of sp³-hybridized carbons (Fsp3) is 0.158. The number of hydrogen-bond donors (Lipinski definition) is 1. The fourth-order valence-electron chi connectivity index (χ4n) is 2.35. The highest BCUT2D eigenvalue weighted by Crippen LogP contribution is 2.22. The van der Waals surface area contributed by atoms with Crippen LogP contribution < -0.4 is 5.32 Å². The largest absolute Gasteiger partial charge is 0.341 e. The minimum Gasteiger partial charge on any atom is -0.341 e. The highest BCUT2D eigenvalue weighted by atomic mass is 35.5. The van der Waals surface area contributed by atoms with Crippen LogP contribution in [0.4, 0.5) is 11.6 Å². The summed E-state index contributed by atoms with van der Waals surface area (Å²) in [5.74, 6) is 0.262. The third-order valence-corrected chi connectivity index (χ3v) is 4.18. The Morgan fingerprint density at radius 2 is 1.81 bits per heavy atom. The number of nitrogens with one attached hydrogen (secondary N) is 1. The van der Waals surface area contributed by atoms with Crippen molar-refractivity contribution in [2.45, 2.75) is 6.42 Å².